The number of ether oxygens (including phenoxy) is 1. The van der Waals surface area contributed by atoms with Crippen molar-refractivity contribution in [2.75, 3.05) is 26.2 Å². The molecule has 0 N–H and O–H groups in total. The number of halogens is 6. The van der Waals surface area contributed by atoms with Gasteiger partial charge in [0.1, 0.15) is 5.60 Å². The van der Waals surface area contributed by atoms with Gasteiger partial charge in [0.2, 0.25) is 0 Å². The molecule has 1 unspecified atom stereocenters. The smallest absolute Gasteiger partial charge is 0.416 e. The van der Waals surface area contributed by atoms with E-state index >= 15 is 0 Å². The highest BCUT2D eigenvalue weighted by molar-refractivity contribution is 5.95. The van der Waals surface area contributed by atoms with Crippen molar-refractivity contribution in [2.24, 2.45) is 0 Å². The van der Waals surface area contributed by atoms with Gasteiger partial charge < -0.3 is 14.5 Å². The molecule has 0 saturated carbocycles. The van der Waals surface area contributed by atoms with Crippen molar-refractivity contribution in [1.82, 2.24) is 14.7 Å². The zero-order chi connectivity index (χ0) is 34.1. The molecule has 256 valence electrons. The molecular formula is C36H37F6N3O3. The van der Waals surface area contributed by atoms with Crippen LogP contribution >= 0.6 is 0 Å². The molecule has 3 aromatic carbocycles. The van der Waals surface area contributed by atoms with E-state index in [4.69, 9.17) is 4.74 Å². The SMILES string of the molecule is O=C1OC2(CCN(Cc3ccccc3)CC2)CCN1C1CCN(C(=O)c2cc(C(F)(F)F)cc(C(F)(F)F)c2)[C@H](Cc2ccccc2)C1. The molecule has 1 spiro atoms. The van der Waals surface area contributed by atoms with Gasteiger partial charge in [-0.3, -0.25) is 9.69 Å². The summed E-state index contributed by atoms with van der Waals surface area (Å²) in [6.07, 6.45) is -7.53. The summed E-state index contributed by atoms with van der Waals surface area (Å²) in [6.45, 7) is 2.95. The van der Waals surface area contributed by atoms with Gasteiger partial charge in [-0.05, 0) is 48.6 Å². The number of hydrogen-bond donors (Lipinski definition) is 0. The monoisotopic (exact) mass is 673 g/mol. The van der Waals surface area contributed by atoms with Crippen LogP contribution in [-0.4, -0.2) is 70.6 Å². The molecule has 0 bridgehead atoms. The predicted molar refractivity (Wildman–Crippen MR) is 166 cm³/mol. The lowest BCUT2D eigenvalue weighted by Gasteiger charge is -2.49. The second kappa shape index (κ2) is 13.4. The van der Waals surface area contributed by atoms with E-state index < -0.39 is 52.7 Å². The van der Waals surface area contributed by atoms with E-state index in [1.165, 1.54) is 10.5 Å². The van der Waals surface area contributed by atoms with Crippen LogP contribution in [0.15, 0.2) is 78.9 Å². The number of likely N-dealkylation sites (tertiary alicyclic amines) is 2. The van der Waals surface area contributed by atoms with Gasteiger partial charge in [-0.2, -0.15) is 26.3 Å². The lowest BCUT2D eigenvalue weighted by molar-refractivity contribution is -0.143. The van der Waals surface area contributed by atoms with Gasteiger partial charge in [0, 0.05) is 69.6 Å². The first-order chi connectivity index (χ1) is 22.8. The predicted octanol–water partition coefficient (Wildman–Crippen LogP) is 7.82. The lowest BCUT2D eigenvalue weighted by atomic mass is 9.85. The number of nitrogens with zero attached hydrogens (tertiary/aromatic N) is 3. The van der Waals surface area contributed by atoms with Gasteiger partial charge in [0.15, 0.2) is 0 Å². The molecule has 3 aliphatic heterocycles. The summed E-state index contributed by atoms with van der Waals surface area (Å²) >= 11 is 0. The van der Waals surface area contributed by atoms with E-state index in [0.717, 1.165) is 38.0 Å². The van der Waals surface area contributed by atoms with Crippen LogP contribution in [0.25, 0.3) is 0 Å². The molecule has 3 aromatic rings. The zero-order valence-corrected chi connectivity index (χ0v) is 26.3. The van der Waals surface area contributed by atoms with Gasteiger partial charge in [-0.1, -0.05) is 60.7 Å². The van der Waals surface area contributed by atoms with Crippen molar-refractivity contribution in [1.29, 1.82) is 0 Å². The largest absolute Gasteiger partial charge is 0.443 e. The Morgan fingerprint density at radius 3 is 1.90 bits per heavy atom. The molecule has 2 atom stereocenters. The fraction of sp³-hybridized carbons (Fsp3) is 0.444. The second-order valence-electron chi connectivity index (χ2n) is 13.1. The number of piperidine rings is 2. The average molecular weight is 674 g/mol. The first-order valence-corrected chi connectivity index (χ1v) is 16.2. The summed E-state index contributed by atoms with van der Waals surface area (Å²) in [6, 6.07) is 19.4. The molecule has 0 aromatic heterocycles. The Balaban J connectivity index is 1.16. The first kappa shape index (κ1) is 33.8. The van der Waals surface area contributed by atoms with Crippen molar-refractivity contribution in [3.63, 3.8) is 0 Å². The molecule has 3 heterocycles. The van der Waals surface area contributed by atoms with Crippen LogP contribution < -0.4 is 0 Å². The fourth-order valence-electron chi connectivity index (χ4n) is 7.26. The number of benzene rings is 3. The first-order valence-electron chi connectivity index (χ1n) is 16.2. The minimum atomic E-state index is -5.07. The Kier molecular flexibility index (Phi) is 9.48. The van der Waals surface area contributed by atoms with Crippen LogP contribution in [0.1, 0.15) is 64.7 Å². The molecule has 0 aliphatic carbocycles. The van der Waals surface area contributed by atoms with Crippen LogP contribution in [0, 0.1) is 0 Å². The summed E-state index contributed by atoms with van der Waals surface area (Å²) < 4.78 is 87.7. The van der Waals surface area contributed by atoms with Crippen molar-refractivity contribution in [3.8, 4) is 0 Å². The van der Waals surface area contributed by atoms with Gasteiger partial charge in [0.05, 0.1) is 11.1 Å². The highest BCUT2D eigenvalue weighted by Crippen LogP contribution is 2.39. The standard InChI is InChI=1S/C36H37F6N3O3/c37-35(38,39)28-20-27(21-29(22-28)36(40,41)42)32(46)44-15-11-30(23-31(44)19-25-7-3-1-4-8-25)45-18-14-34(48-33(45)47)12-16-43(17-13-34)24-26-9-5-2-6-10-26/h1-10,20-22,30-31H,11-19,23-24H2/t30?,31-/m1/s1. The van der Waals surface area contributed by atoms with Crippen molar-refractivity contribution in [2.45, 2.75) is 75.1 Å². The molecule has 3 saturated heterocycles. The number of carbonyl (C=O) groups excluding carboxylic acids is 2. The average Bonchev–Trinajstić information content (AvgIpc) is 3.06. The third kappa shape index (κ3) is 7.64. The summed E-state index contributed by atoms with van der Waals surface area (Å²) in [4.78, 5) is 32.6. The number of alkyl halides is 6. The Morgan fingerprint density at radius 1 is 0.771 bits per heavy atom. The highest BCUT2D eigenvalue weighted by Gasteiger charge is 2.46. The summed E-state index contributed by atoms with van der Waals surface area (Å²) in [7, 11) is 0. The van der Waals surface area contributed by atoms with Gasteiger partial charge in [-0.25, -0.2) is 4.79 Å². The molecule has 2 amide bonds. The molecule has 0 radical (unpaired) electrons. The van der Waals surface area contributed by atoms with Crippen LogP contribution in [0.2, 0.25) is 0 Å². The minimum Gasteiger partial charge on any atom is -0.443 e. The van der Waals surface area contributed by atoms with Crippen LogP contribution in [0.3, 0.4) is 0 Å². The van der Waals surface area contributed by atoms with Crippen LogP contribution in [0.4, 0.5) is 31.1 Å². The lowest BCUT2D eigenvalue weighted by Crippen LogP contribution is -2.59. The Bertz CT molecular complexity index is 1560. The maximum Gasteiger partial charge on any atom is 0.416 e. The summed E-state index contributed by atoms with van der Waals surface area (Å²) in [5, 5.41) is 0. The molecule has 3 fully saturated rings. The van der Waals surface area contributed by atoms with E-state index in [9.17, 15) is 35.9 Å². The number of rotatable bonds is 6. The van der Waals surface area contributed by atoms with E-state index in [0.29, 0.717) is 44.4 Å². The number of hydrogen-bond acceptors (Lipinski definition) is 4. The molecule has 12 heteroatoms. The van der Waals surface area contributed by atoms with Crippen molar-refractivity contribution in [3.05, 3.63) is 107 Å². The molecular weight excluding hydrogens is 636 g/mol. The summed E-state index contributed by atoms with van der Waals surface area (Å²) in [5.74, 6) is -0.909. The molecule has 6 rings (SSSR count). The topological polar surface area (TPSA) is 53.1 Å². The number of amides is 2. The highest BCUT2D eigenvalue weighted by atomic mass is 19.4. The Hall–Kier alpha value is -4.06. The minimum absolute atomic E-state index is 0.0202. The zero-order valence-electron chi connectivity index (χ0n) is 26.3. The maximum absolute atomic E-state index is 13.7. The van der Waals surface area contributed by atoms with E-state index in [1.807, 2.05) is 48.5 Å². The molecule has 6 nitrogen and oxygen atoms in total. The number of carbonyl (C=O) groups is 2. The van der Waals surface area contributed by atoms with Gasteiger partial charge in [-0.15, -0.1) is 0 Å². The Morgan fingerprint density at radius 2 is 1.33 bits per heavy atom. The van der Waals surface area contributed by atoms with E-state index in [1.54, 1.807) is 4.90 Å². The third-order valence-corrected chi connectivity index (χ3v) is 9.90. The third-order valence-electron chi connectivity index (χ3n) is 9.90. The maximum atomic E-state index is 13.7. The summed E-state index contributed by atoms with van der Waals surface area (Å²) in [5.41, 5.74) is -2.21. The fourth-order valence-corrected chi connectivity index (χ4v) is 7.26. The van der Waals surface area contributed by atoms with Crippen molar-refractivity contribution < 1.29 is 40.7 Å². The quantitative estimate of drug-likeness (QED) is 0.251. The van der Waals surface area contributed by atoms with Crippen LogP contribution in [-0.2, 0) is 30.1 Å². The van der Waals surface area contributed by atoms with Gasteiger partial charge in [0.25, 0.3) is 5.91 Å². The molecule has 48 heavy (non-hydrogen) atoms. The van der Waals surface area contributed by atoms with Crippen molar-refractivity contribution >= 4 is 12.0 Å². The Labute approximate surface area is 275 Å². The van der Waals surface area contributed by atoms with E-state index in [-0.39, 0.29) is 18.7 Å². The normalized spacial score (nSPS) is 22.1. The second-order valence-corrected chi connectivity index (χ2v) is 13.1. The van der Waals surface area contributed by atoms with Crippen LogP contribution in [0.5, 0.6) is 0 Å². The van der Waals surface area contributed by atoms with Gasteiger partial charge >= 0.3 is 18.4 Å². The van der Waals surface area contributed by atoms with E-state index in [2.05, 4.69) is 17.0 Å². The molecule has 3 aliphatic rings.